The molecule has 0 fully saturated rings. The second kappa shape index (κ2) is 5.50. The number of hydrogen-bond donors (Lipinski definition) is 0. The maximum absolute atomic E-state index is 13.6. The van der Waals surface area contributed by atoms with Crippen LogP contribution in [0.3, 0.4) is 0 Å². The smallest absolute Gasteiger partial charge is 0.200 e. The van der Waals surface area contributed by atoms with E-state index in [4.69, 9.17) is 4.42 Å². The van der Waals surface area contributed by atoms with Crippen LogP contribution in [0, 0.1) is 5.82 Å². The van der Waals surface area contributed by atoms with Crippen LogP contribution in [-0.4, -0.2) is 14.8 Å². The Hall–Kier alpha value is -2.08. The first-order valence-corrected chi connectivity index (χ1v) is 7.04. The van der Waals surface area contributed by atoms with Gasteiger partial charge in [0, 0.05) is 12.8 Å². The SMILES string of the molecule is Cn1c(SCc2ccccc2F)nnc1-c1ccco1. The summed E-state index contributed by atoms with van der Waals surface area (Å²) in [5, 5.41) is 8.93. The molecule has 0 saturated heterocycles. The van der Waals surface area contributed by atoms with Crippen LogP contribution in [0.25, 0.3) is 11.6 Å². The molecule has 0 unspecified atom stereocenters. The van der Waals surface area contributed by atoms with Gasteiger partial charge in [-0.15, -0.1) is 10.2 Å². The first-order chi connectivity index (χ1) is 9.75. The highest BCUT2D eigenvalue weighted by atomic mass is 32.2. The molecule has 0 aliphatic heterocycles. The second-order valence-electron chi connectivity index (χ2n) is 4.22. The van der Waals surface area contributed by atoms with Gasteiger partial charge in [-0.05, 0) is 23.8 Å². The summed E-state index contributed by atoms with van der Waals surface area (Å²) in [4.78, 5) is 0. The van der Waals surface area contributed by atoms with E-state index in [1.54, 1.807) is 24.5 Å². The molecule has 4 nitrogen and oxygen atoms in total. The van der Waals surface area contributed by atoms with E-state index < -0.39 is 0 Å². The van der Waals surface area contributed by atoms with Crippen molar-refractivity contribution in [2.24, 2.45) is 7.05 Å². The summed E-state index contributed by atoms with van der Waals surface area (Å²) >= 11 is 1.44. The van der Waals surface area contributed by atoms with Crippen LogP contribution in [-0.2, 0) is 12.8 Å². The lowest BCUT2D eigenvalue weighted by Gasteiger charge is -2.03. The molecule has 0 atom stereocenters. The van der Waals surface area contributed by atoms with Crippen molar-refractivity contribution in [3.63, 3.8) is 0 Å². The lowest BCUT2D eigenvalue weighted by molar-refractivity contribution is 0.572. The summed E-state index contributed by atoms with van der Waals surface area (Å²) in [5.74, 6) is 1.63. The maximum atomic E-state index is 13.6. The summed E-state index contributed by atoms with van der Waals surface area (Å²) in [6.45, 7) is 0. The predicted molar refractivity (Wildman–Crippen MR) is 74.7 cm³/mol. The Bertz CT molecular complexity index is 709. The molecule has 1 aromatic carbocycles. The van der Waals surface area contributed by atoms with Crippen molar-refractivity contribution in [3.8, 4) is 11.6 Å². The number of furan rings is 1. The van der Waals surface area contributed by atoms with Gasteiger partial charge < -0.3 is 8.98 Å². The molecule has 102 valence electrons. The van der Waals surface area contributed by atoms with Crippen LogP contribution in [0.4, 0.5) is 4.39 Å². The van der Waals surface area contributed by atoms with Gasteiger partial charge in [-0.2, -0.15) is 0 Å². The van der Waals surface area contributed by atoms with Crippen molar-refractivity contribution in [2.75, 3.05) is 0 Å². The Morgan fingerprint density at radius 1 is 1.20 bits per heavy atom. The third-order valence-corrected chi connectivity index (χ3v) is 3.96. The fourth-order valence-electron chi connectivity index (χ4n) is 1.82. The Kier molecular flexibility index (Phi) is 3.56. The van der Waals surface area contributed by atoms with Gasteiger partial charge in [-0.1, -0.05) is 30.0 Å². The molecule has 0 spiro atoms. The number of hydrogen-bond acceptors (Lipinski definition) is 4. The highest BCUT2D eigenvalue weighted by Gasteiger charge is 2.13. The molecule has 0 amide bonds. The molecule has 6 heteroatoms. The summed E-state index contributed by atoms with van der Waals surface area (Å²) in [5.41, 5.74) is 0.653. The van der Waals surface area contributed by atoms with Crippen molar-refractivity contribution in [2.45, 2.75) is 10.9 Å². The van der Waals surface area contributed by atoms with E-state index in [0.29, 0.717) is 22.9 Å². The molecule has 0 radical (unpaired) electrons. The minimum absolute atomic E-state index is 0.201. The second-order valence-corrected chi connectivity index (χ2v) is 5.17. The van der Waals surface area contributed by atoms with Crippen LogP contribution in [0.5, 0.6) is 0 Å². The van der Waals surface area contributed by atoms with Gasteiger partial charge in [0.15, 0.2) is 16.7 Å². The standard InChI is InChI=1S/C14H12FN3OS/c1-18-13(12-7-4-8-19-12)16-17-14(18)20-9-10-5-2-3-6-11(10)15/h2-8H,9H2,1H3. The predicted octanol–water partition coefficient (Wildman–Crippen LogP) is 3.51. The average molecular weight is 289 g/mol. The van der Waals surface area contributed by atoms with Crippen LogP contribution in [0.15, 0.2) is 52.2 Å². The molecule has 0 aliphatic rings. The summed E-state index contributed by atoms with van der Waals surface area (Å²) in [7, 11) is 1.86. The lowest BCUT2D eigenvalue weighted by Crippen LogP contribution is -1.95. The van der Waals surface area contributed by atoms with E-state index in [1.165, 1.54) is 17.8 Å². The molecular formula is C14H12FN3OS. The van der Waals surface area contributed by atoms with Gasteiger partial charge in [-0.3, -0.25) is 0 Å². The Balaban J connectivity index is 1.78. The van der Waals surface area contributed by atoms with Gasteiger partial charge in [-0.25, -0.2) is 4.39 Å². The molecule has 0 aliphatic carbocycles. The Morgan fingerprint density at radius 2 is 2.05 bits per heavy atom. The number of nitrogens with zero attached hydrogens (tertiary/aromatic N) is 3. The monoisotopic (exact) mass is 289 g/mol. The Labute approximate surface area is 119 Å². The zero-order valence-electron chi connectivity index (χ0n) is 10.8. The van der Waals surface area contributed by atoms with Crippen LogP contribution in [0.1, 0.15) is 5.56 Å². The van der Waals surface area contributed by atoms with E-state index in [2.05, 4.69) is 10.2 Å². The van der Waals surface area contributed by atoms with Gasteiger partial charge in [0.25, 0.3) is 0 Å². The van der Waals surface area contributed by atoms with E-state index in [1.807, 2.05) is 23.7 Å². The normalized spacial score (nSPS) is 10.9. The fraction of sp³-hybridized carbons (Fsp3) is 0.143. The molecular weight excluding hydrogens is 277 g/mol. The third-order valence-electron chi connectivity index (χ3n) is 2.89. The van der Waals surface area contributed by atoms with Crippen LogP contribution in [0.2, 0.25) is 0 Å². The summed E-state index contributed by atoms with van der Waals surface area (Å²) < 4.78 is 20.7. The number of rotatable bonds is 4. The molecule has 3 aromatic rings. The molecule has 0 saturated carbocycles. The van der Waals surface area contributed by atoms with E-state index in [9.17, 15) is 4.39 Å². The summed E-state index contributed by atoms with van der Waals surface area (Å²) in [6, 6.07) is 10.4. The number of halogens is 1. The zero-order valence-corrected chi connectivity index (χ0v) is 11.6. The number of benzene rings is 1. The molecule has 0 N–H and O–H groups in total. The Morgan fingerprint density at radius 3 is 2.80 bits per heavy atom. The first-order valence-electron chi connectivity index (χ1n) is 6.05. The van der Waals surface area contributed by atoms with Crippen LogP contribution >= 0.6 is 11.8 Å². The topological polar surface area (TPSA) is 43.9 Å². The molecule has 2 heterocycles. The maximum Gasteiger partial charge on any atom is 0.200 e. The fourth-order valence-corrected chi connectivity index (χ4v) is 2.72. The zero-order chi connectivity index (χ0) is 13.9. The largest absolute Gasteiger partial charge is 0.461 e. The van der Waals surface area contributed by atoms with E-state index in [0.717, 1.165) is 5.16 Å². The summed E-state index contributed by atoms with van der Waals surface area (Å²) in [6.07, 6.45) is 1.59. The molecule has 2 aromatic heterocycles. The lowest BCUT2D eigenvalue weighted by atomic mass is 10.2. The van der Waals surface area contributed by atoms with Gasteiger partial charge in [0.05, 0.1) is 6.26 Å². The molecule has 0 bridgehead atoms. The highest BCUT2D eigenvalue weighted by Crippen LogP contribution is 2.26. The van der Waals surface area contributed by atoms with Crippen LogP contribution < -0.4 is 0 Å². The minimum Gasteiger partial charge on any atom is -0.461 e. The van der Waals surface area contributed by atoms with Crippen molar-refractivity contribution in [3.05, 3.63) is 54.0 Å². The van der Waals surface area contributed by atoms with Crippen molar-refractivity contribution >= 4 is 11.8 Å². The highest BCUT2D eigenvalue weighted by molar-refractivity contribution is 7.98. The van der Waals surface area contributed by atoms with E-state index >= 15 is 0 Å². The third kappa shape index (κ3) is 2.46. The van der Waals surface area contributed by atoms with Crippen molar-refractivity contribution in [1.82, 2.24) is 14.8 Å². The minimum atomic E-state index is -0.201. The number of aromatic nitrogens is 3. The van der Waals surface area contributed by atoms with Gasteiger partial charge in [0.1, 0.15) is 5.82 Å². The average Bonchev–Trinajstić information content (AvgIpc) is 3.08. The number of thioether (sulfide) groups is 1. The first kappa shape index (κ1) is 12.9. The van der Waals surface area contributed by atoms with E-state index in [-0.39, 0.29) is 5.82 Å². The molecule has 20 heavy (non-hydrogen) atoms. The van der Waals surface area contributed by atoms with Gasteiger partial charge in [0.2, 0.25) is 0 Å². The molecule has 3 rings (SSSR count). The van der Waals surface area contributed by atoms with Crippen molar-refractivity contribution < 1.29 is 8.81 Å². The van der Waals surface area contributed by atoms with Gasteiger partial charge >= 0.3 is 0 Å². The quantitative estimate of drug-likeness (QED) is 0.689. The van der Waals surface area contributed by atoms with Crippen molar-refractivity contribution in [1.29, 1.82) is 0 Å².